The zero-order valence-electron chi connectivity index (χ0n) is 18.4. The van der Waals surface area contributed by atoms with Gasteiger partial charge in [0.1, 0.15) is 27.9 Å². The number of nitrogens with zero attached hydrogens (tertiary/aromatic N) is 3. The molecule has 30 heavy (non-hydrogen) atoms. The van der Waals surface area contributed by atoms with Gasteiger partial charge in [-0.3, -0.25) is 4.79 Å². The topological polar surface area (TPSA) is 124 Å². The first-order valence-corrected chi connectivity index (χ1v) is 9.39. The molecule has 0 unspecified atom stereocenters. The number of H-pyrrole nitrogens is 1. The lowest BCUT2D eigenvalue weighted by Crippen LogP contribution is -2.26. The van der Waals surface area contributed by atoms with Gasteiger partial charge in [0.05, 0.1) is 14.2 Å². The van der Waals surface area contributed by atoms with Crippen LogP contribution in [-0.2, 0) is 20.3 Å². The number of carbonyl (C=O) groups excluding carboxylic acids is 2. The smallest absolute Gasteiger partial charge is 0.345 e. The average Bonchev–Trinajstić information content (AvgIpc) is 2.65. The van der Waals surface area contributed by atoms with Crippen molar-refractivity contribution in [1.82, 2.24) is 19.9 Å². The van der Waals surface area contributed by atoms with Gasteiger partial charge in [-0.25, -0.2) is 24.5 Å². The van der Waals surface area contributed by atoms with Crippen LogP contribution >= 0.6 is 11.6 Å². The molecule has 0 aliphatic rings. The number of esters is 2. The first-order valence-electron chi connectivity index (χ1n) is 9.01. The fourth-order valence-corrected chi connectivity index (χ4v) is 2.21. The highest BCUT2D eigenvalue weighted by Crippen LogP contribution is 2.21. The number of aromatic nitrogens is 4. The van der Waals surface area contributed by atoms with Gasteiger partial charge in [0, 0.05) is 23.2 Å². The maximum Gasteiger partial charge on any atom is 0.345 e. The highest BCUT2D eigenvalue weighted by molar-refractivity contribution is 6.32. The molecule has 0 bridgehead atoms. The Hall–Kier alpha value is -2.81. The standard InChI is InChI=1S/C10H13ClN2O2.C10H14N2O3/c1-10(2,3)9-12-5-6(7(11)13-9)8(14)15-4;1-10(2,3)9-11-5-6(7(13)12-9)8(14)15-4/h5H,1-4H3;5H,1-4H3,(H,11,12,13). The van der Waals surface area contributed by atoms with Crippen LogP contribution in [0.3, 0.4) is 0 Å². The van der Waals surface area contributed by atoms with Gasteiger partial charge in [0.15, 0.2) is 0 Å². The SMILES string of the molecule is COC(=O)c1cnc(C(C)(C)C)[nH]c1=O.COC(=O)c1cnc(C(C)(C)C)nc1Cl. The van der Waals surface area contributed by atoms with Crippen LogP contribution in [0.15, 0.2) is 17.2 Å². The molecule has 2 rings (SSSR count). The fraction of sp³-hybridized carbons (Fsp3) is 0.500. The van der Waals surface area contributed by atoms with Crippen LogP contribution in [0.5, 0.6) is 0 Å². The van der Waals surface area contributed by atoms with Gasteiger partial charge >= 0.3 is 11.9 Å². The second-order valence-electron chi connectivity index (χ2n) is 8.36. The minimum absolute atomic E-state index is 0.0782. The molecule has 0 aromatic carbocycles. The number of rotatable bonds is 2. The highest BCUT2D eigenvalue weighted by atomic mass is 35.5. The van der Waals surface area contributed by atoms with Crippen LogP contribution in [-0.4, -0.2) is 46.1 Å². The van der Waals surface area contributed by atoms with Crippen LogP contribution in [0.4, 0.5) is 0 Å². The number of nitrogens with one attached hydrogen (secondary N) is 1. The van der Waals surface area contributed by atoms with Crippen molar-refractivity contribution in [2.75, 3.05) is 14.2 Å². The fourth-order valence-electron chi connectivity index (χ4n) is 2.00. The van der Waals surface area contributed by atoms with Crippen molar-refractivity contribution in [3.63, 3.8) is 0 Å². The minimum Gasteiger partial charge on any atom is -0.465 e. The van der Waals surface area contributed by atoms with E-state index in [0.717, 1.165) is 0 Å². The Labute approximate surface area is 180 Å². The second kappa shape index (κ2) is 9.80. The molecule has 0 amide bonds. The molecule has 0 saturated heterocycles. The van der Waals surface area contributed by atoms with E-state index in [1.807, 2.05) is 41.5 Å². The molecule has 0 saturated carbocycles. The Kier molecular flexibility index (Phi) is 8.24. The molecule has 0 spiro atoms. The van der Waals surface area contributed by atoms with E-state index in [2.05, 4.69) is 29.4 Å². The lowest BCUT2D eigenvalue weighted by atomic mass is 9.96. The maximum absolute atomic E-state index is 11.5. The van der Waals surface area contributed by atoms with Crippen LogP contribution in [0.2, 0.25) is 5.15 Å². The van der Waals surface area contributed by atoms with Crippen molar-refractivity contribution < 1.29 is 19.1 Å². The minimum atomic E-state index is -0.677. The third-order valence-electron chi connectivity index (χ3n) is 3.73. The summed E-state index contributed by atoms with van der Waals surface area (Å²) >= 11 is 5.86. The predicted octanol–water partition coefficient (Wildman–Crippen LogP) is 3.07. The first-order chi connectivity index (χ1) is 13.7. The number of hydrogen-bond acceptors (Lipinski definition) is 8. The van der Waals surface area contributed by atoms with Crippen molar-refractivity contribution in [2.45, 2.75) is 52.4 Å². The average molecular weight is 439 g/mol. The third kappa shape index (κ3) is 6.62. The van der Waals surface area contributed by atoms with Crippen LogP contribution in [0.25, 0.3) is 0 Å². The Bertz CT molecular complexity index is 974. The quantitative estimate of drug-likeness (QED) is 0.560. The normalized spacial score (nSPS) is 11.2. The summed E-state index contributed by atoms with van der Waals surface area (Å²) in [4.78, 5) is 48.5. The molecular formula is C20H27ClN4O5. The van der Waals surface area contributed by atoms with E-state index < -0.39 is 17.5 Å². The largest absolute Gasteiger partial charge is 0.465 e. The van der Waals surface area contributed by atoms with Crippen molar-refractivity contribution in [3.05, 3.63) is 50.7 Å². The zero-order valence-corrected chi connectivity index (χ0v) is 19.2. The van der Waals surface area contributed by atoms with E-state index in [1.54, 1.807) is 0 Å². The second-order valence-corrected chi connectivity index (χ2v) is 8.71. The van der Waals surface area contributed by atoms with Gasteiger partial charge in [-0.15, -0.1) is 0 Å². The number of aromatic amines is 1. The third-order valence-corrected chi connectivity index (χ3v) is 4.02. The summed E-state index contributed by atoms with van der Waals surface area (Å²) in [6.45, 7) is 11.7. The first kappa shape index (κ1) is 25.2. The van der Waals surface area contributed by atoms with E-state index >= 15 is 0 Å². The number of halogens is 1. The molecule has 2 heterocycles. The summed E-state index contributed by atoms with van der Waals surface area (Å²) in [7, 11) is 2.51. The summed E-state index contributed by atoms with van der Waals surface area (Å²) in [6.07, 6.45) is 2.63. The molecule has 0 aliphatic heterocycles. The number of hydrogen-bond donors (Lipinski definition) is 1. The van der Waals surface area contributed by atoms with Crippen LogP contribution in [0.1, 0.15) is 73.9 Å². The van der Waals surface area contributed by atoms with Crippen LogP contribution in [0, 0.1) is 0 Å². The monoisotopic (exact) mass is 438 g/mol. The van der Waals surface area contributed by atoms with Gasteiger partial charge in [-0.2, -0.15) is 0 Å². The predicted molar refractivity (Wildman–Crippen MR) is 112 cm³/mol. The Morgan fingerprint density at radius 3 is 1.80 bits per heavy atom. The molecule has 2 aromatic heterocycles. The molecule has 0 radical (unpaired) electrons. The molecule has 0 fully saturated rings. The van der Waals surface area contributed by atoms with Gasteiger partial charge in [0.2, 0.25) is 0 Å². The summed E-state index contributed by atoms with van der Waals surface area (Å²) in [6, 6.07) is 0. The van der Waals surface area contributed by atoms with E-state index in [4.69, 9.17) is 11.6 Å². The van der Waals surface area contributed by atoms with E-state index in [9.17, 15) is 14.4 Å². The summed E-state index contributed by atoms with van der Waals surface area (Å²) in [5.41, 5.74) is -0.814. The molecule has 164 valence electrons. The van der Waals surface area contributed by atoms with E-state index in [0.29, 0.717) is 11.6 Å². The zero-order chi connectivity index (χ0) is 23.3. The van der Waals surface area contributed by atoms with Crippen molar-refractivity contribution in [3.8, 4) is 0 Å². The Morgan fingerprint density at radius 2 is 1.40 bits per heavy atom. The van der Waals surface area contributed by atoms with Crippen molar-refractivity contribution in [2.24, 2.45) is 0 Å². The molecule has 0 aliphatic carbocycles. The lowest BCUT2D eigenvalue weighted by Gasteiger charge is -2.16. The molecule has 1 N–H and O–H groups in total. The van der Waals surface area contributed by atoms with Gasteiger partial charge in [-0.05, 0) is 0 Å². The molecular weight excluding hydrogens is 412 g/mol. The number of ether oxygens (including phenoxy) is 2. The number of carbonyl (C=O) groups is 2. The summed E-state index contributed by atoms with van der Waals surface area (Å²) in [5.74, 6) is -0.0648. The van der Waals surface area contributed by atoms with E-state index in [1.165, 1.54) is 26.6 Å². The van der Waals surface area contributed by atoms with Crippen molar-refractivity contribution >= 4 is 23.5 Å². The lowest BCUT2D eigenvalue weighted by molar-refractivity contribution is 0.0590. The van der Waals surface area contributed by atoms with Crippen molar-refractivity contribution in [1.29, 1.82) is 0 Å². The Balaban J connectivity index is 0.000000300. The summed E-state index contributed by atoms with van der Waals surface area (Å²) < 4.78 is 8.98. The summed E-state index contributed by atoms with van der Waals surface area (Å²) in [5, 5.41) is 0.127. The maximum atomic E-state index is 11.5. The Morgan fingerprint density at radius 1 is 0.900 bits per heavy atom. The molecule has 0 atom stereocenters. The van der Waals surface area contributed by atoms with E-state index in [-0.39, 0.29) is 27.1 Å². The molecule has 9 nitrogen and oxygen atoms in total. The molecule has 2 aromatic rings. The van der Waals surface area contributed by atoms with Gasteiger partial charge < -0.3 is 14.5 Å². The van der Waals surface area contributed by atoms with Gasteiger partial charge in [-0.1, -0.05) is 53.1 Å². The highest BCUT2D eigenvalue weighted by Gasteiger charge is 2.21. The van der Waals surface area contributed by atoms with Gasteiger partial charge in [0.25, 0.3) is 5.56 Å². The number of methoxy groups -OCH3 is 2. The molecule has 10 heteroatoms. The van der Waals surface area contributed by atoms with Crippen LogP contribution < -0.4 is 5.56 Å².